The van der Waals surface area contributed by atoms with E-state index in [2.05, 4.69) is 56.6 Å². The van der Waals surface area contributed by atoms with Crippen molar-refractivity contribution in [1.82, 2.24) is 0 Å². The van der Waals surface area contributed by atoms with Gasteiger partial charge in [0.25, 0.3) is 0 Å². The first-order valence-corrected chi connectivity index (χ1v) is 6.67. The number of fused-ring (bicyclic) bond motifs is 2. The van der Waals surface area contributed by atoms with Gasteiger partial charge in [0.15, 0.2) is 0 Å². The zero-order valence-electron chi connectivity index (χ0n) is 11.0. The number of rotatable bonds is 1. The molecule has 4 rings (SSSR count). The fourth-order valence-electron chi connectivity index (χ4n) is 2.57. The first-order valence-electron chi connectivity index (χ1n) is 6.67. The predicted octanol–water partition coefficient (Wildman–Crippen LogP) is 3.32. The minimum Gasteiger partial charge on any atom is -0.346 e. The molecule has 0 amide bonds. The Labute approximate surface area is 117 Å². The zero-order chi connectivity index (χ0) is 13.4. The van der Waals surface area contributed by atoms with Gasteiger partial charge in [0.05, 0.1) is 31.5 Å². The minimum atomic E-state index is 0.734. The van der Waals surface area contributed by atoms with E-state index >= 15 is 0 Å². The van der Waals surface area contributed by atoms with Gasteiger partial charge in [0.1, 0.15) is 0 Å². The fourth-order valence-corrected chi connectivity index (χ4v) is 2.57. The summed E-state index contributed by atoms with van der Waals surface area (Å²) >= 11 is 0. The molecule has 2 aromatic rings. The van der Waals surface area contributed by atoms with Gasteiger partial charge in [0.2, 0.25) is 0 Å². The molecule has 98 valence electrons. The van der Waals surface area contributed by atoms with Crippen molar-refractivity contribution in [2.75, 3.05) is 10.2 Å². The number of hydrogen-bond acceptors (Lipinski definition) is 4. The second kappa shape index (κ2) is 4.49. The van der Waals surface area contributed by atoms with Crippen molar-refractivity contribution in [1.29, 1.82) is 0 Å². The Morgan fingerprint density at radius 1 is 1.05 bits per heavy atom. The van der Waals surface area contributed by atoms with Crippen molar-refractivity contribution in [3.05, 3.63) is 53.6 Å². The van der Waals surface area contributed by atoms with Crippen molar-refractivity contribution >= 4 is 29.7 Å². The highest BCUT2D eigenvalue weighted by Crippen LogP contribution is 2.30. The van der Waals surface area contributed by atoms with E-state index in [-0.39, 0.29) is 0 Å². The molecule has 4 heteroatoms. The molecule has 0 aliphatic carbocycles. The summed E-state index contributed by atoms with van der Waals surface area (Å²) in [6.45, 7) is 1.59. The van der Waals surface area contributed by atoms with Crippen LogP contribution in [-0.4, -0.2) is 12.7 Å². The third-order valence-electron chi connectivity index (χ3n) is 3.66. The highest BCUT2D eigenvalue weighted by atomic mass is 15.2. The van der Waals surface area contributed by atoms with Gasteiger partial charge in [-0.15, -0.1) is 0 Å². The lowest BCUT2D eigenvalue weighted by Gasteiger charge is -2.25. The number of hydrogen-bond donors (Lipinski definition) is 1. The summed E-state index contributed by atoms with van der Waals surface area (Å²) in [5.41, 5.74) is 5.83. The monoisotopic (exact) mass is 262 g/mol. The van der Waals surface area contributed by atoms with Crippen LogP contribution < -0.4 is 10.2 Å². The summed E-state index contributed by atoms with van der Waals surface area (Å²) in [5.74, 6) is 0. The smallest absolute Gasteiger partial charge is 0.0960 e. The van der Waals surface area contributed by atoms with E-state index in [0.717, 1.165) is 30.2 Å². The SMILES string of the molecule is C1=NCc2cc(N3C=Nc4ccccc4C3)ccc2N1. The van der Waals surface area contributed by atoms with Gasteiger partial charge in [0, 0.05) is 11.4 Å². The Morgan fingerprint density at radius 3 is 3.00 bits per heavy atom. The van der Waals surface area contributed by atoms with E-state index in [4.69, 9.17) is 0 Å². The van der Waals surface area contributed by atoms with Crippen LogP contribution in [0.5, 0.6) is 0 Å². The van der Waals surface area contributed by atoms with E-state index in [1.165, 1.54) is 11.1 Å². The van der Waals surface area contributed by atoms with Crippen LogP contribution in [0.1, 0.15) is 11.1 Å². The quantitative estimate of drug-likeness (QED) is 0.856. The molecule has 0 saturated heterocycles. The maximum Gasteiger partial charge on any atom is 0.0960 e. The largest absolute Gasteiger partial charge is 0.346 e. The van der Waals surface area contributed by atoms with Gasteiger partial charge in [-0.25, -0.2) is 4.99 Å². The lowest BCUT2D eigenvalue weighted by atomic mass is 10.1. The van der Waals surface area contributed by atoms with Crippen LogP contribution in [0, 0.1) is 0 Å². The molecule has 2 heterocycles. The van der Waals surface area contributed by atoms with E-state index in [0.29, 0.717) is 0 Å². The van der Waals surface area contributed by atoms with Gasteiger partial charge in [-0.2, -0.15) is 0 Å². The molecule has 1 N–H and O–H groups in total. The average Bonchev–Trinajstić information content (AvgIpc) is 2.54. The molecule has 2 aliphatic heterocycles. The van der Waals surface area contributed by atoms with Gasteiger partial charge in [-0.3, -0.25) is 4.99 Å². The van der Waals surface area contributed by atoms with Crippen LogP contribution in [0.15, 0.2) is 52.4 Å². The van der Waals surface area contributed by atoms with Gasteiger partial charge < -0.3 is 10.2 Å². The number of benzene rings is 2. The number of aliphatic imine (C=N–C) groups is 2. The normalized spacial score (nSPS) is 15.5. The molecular formula is C16H14N4. The second-order valence-electron chi connectivity index (χ2n) is 4.96. The standard InChI is InChI=1S/C16H14N4/c1-2-4-15-12(3-1)9-20(11-19-15)14-5-6-16-13(7-14)8-17-10-18-16/h1-7,10-11H,8-9H2,(H,17,18). The minimum absolute atomic E-state index is 0.734. The lowest BCUT2D eigenvalue weighted by Crippen LogP contribution is -2.23. The summed E-state index contributed by atoms with van der Waals surface area (Å²) in [7, 11) is 0. The molecule has 0 spiro atoms. The van der Waals surface area contributed by atoms with Gasteiger partial charge in [-0.1, -0.05) is 18.2 Å². The second-order valence-corrected chi connectivity index (χ2v) is 4.96. The van der Waals surface area contributed by atoms with Gasteiger partial charge in [-0.05, 0) is 35.4 Å². The van der Waals surface area contributed by atoms with Crippen LogP contribution in [0.4, 0.5) is 17.1 Å². The molecule has 20 heavy (non-hydrogen) atoms. The highest BCUT2D eigenvalue weighted by molar-refractivity contribution is 5.86. The molecule has 0 radical (unpaired) electrons. The first-order chi connectivity index (χ1) is 9.90. The van der Waals surface area contributed by atoms with Crippen molar-refractivity contribution in [3.8, 4) is 0 Å². The number of anilines is 2. The van der Waals surface area contributed by atoms with Gasteiger partial charge >= 0.3 is 0 Å². The topological polar surface area (TPSA) is 40.0 Å². The molecule has 0 bridgehead atoms. The zero-order valence-corrected chi connectivity index (χ0v) is 11.0. The third-order valence-corrected chi connectivity index (χ3v) is 3.66. The van der Waals surface area contributed by atoms with E-state index in [9.17, 15) is 0 Å². The van der Waals surface area contributed by atoms with Crippen LogP contribution in [-0.2, 0) is 13.1 Å². The Kier molecular flexibility index (Phi) is 2.52. The number of nitrogens with one attached hydrogen (secondary N) is 1. The van der Waals surface area contributed by atoms with Crippen LogP contribution in [0.2, 0.25) is 0 Å². The van der Waals surface area contributed by atoms with Crippen molar-refractivity contribution in [2.24, 2.45) is 9.98 Å². The highest BCUT2D eigenvalue weighted by Gasteiger charge is 2.14. The summed E-state index contributed by atoms with van der Waals surface area (Å²) in [6.07, 6.45) is 3.66. The summed E-state index contributed by atoms with van der Waals surface area (Å²) < 4.78 is 0. The van der Waals surface area contributed by atoms with Crippen LogP contribution in [0.25, 0.3) is 0 Å². The maximum atomic E-state index is 4.52. The molecular weight excluding hydrogens is 248 g/mol. The lowest BCUT2D eigenvalue weighted by molar-refractivity contribution is 0.987. The molecule has 0 saturated carbocycles. The summed E-state index contributed by atoms with van der Waals surface area (Å²) in [4.78, 5) is 10.9. The predicted molar refractivity (Wildman–Crippen MR) is 83.0 cm³/mol. The van der Waals surface area contributed by atoms with E-state index in [1.807, 2.05) is 12.4 Å². The molecule has 2 aromatic carbocycles. The third kappa shape index (κ3) is 1.86. The molecule has 0 aromatic heterocycles. The van der Waals surface area contributed by atoms with Crippen molar-refractivity contribution in [3.63, 3.8) is 0 Å². The average molecular weight is 262 g/mol. The van der Waals surface area contributed by atoms with E-state index < -0.39 is 0 Å². The molecule has 0 fully saturated rings. The molecule has 0 unspecified atom stereocenters. The molecule has 2 aliphatic rings. The summed E-state index contributed by atoms with van der Waals surface area (Å²) in [6, 6.07) is 14.7. The van der Waals surface area contributed by atoms with Crippen molar-refractivity contribution < 1.29 is 0 Å². The number of para-hydroxylation sites is 1. The molecule has 0 atom stereocenters. The van der Waals surface area contributed by atoms with Crippen molar-refractivity contribution in [2.45, 2.75) is 13.1 Å². The Morgan fingerprint density at radius 2 is 2.00 bits per heavy atom. The first kappa shape index (κ1) is 11.2. The number of nitrogens with zero attached hydrogens (tertiary/aromatic N) is 3. The van der Waals surface area contributed by atoms with E-state index in [1.54, 1.807) is 6.34 Å². The van der Waals surface area contributed by atoms with Crippen LogP contribution >= 0.6 is 0 Å². The van der Waals surface area contributed by atoms with Crippen LogP contribution in [0.3, 0.4) is 0 Å². The maximum absolute atomic E-state index is 4.52. The Bertz CT molecular complexity index is 718. The summed E-state index contributed by atoms with van der Waals surface area (Å²) in [5, 5.41) is 3.16. The fraction of sp³-hybridized carbons (Fsp3) is 0.125. The Hall–Kier alpha value is -2.62. The Balaban J connectivity index is 1.67. The molecule has 4 nitrogen and oxygen atoms in total.